The van der Waals surface area contributed by atoms with E-state index in [2.05, 4.69) is 0 Å². The van der Waals surface area contributed by atoms with Crippen molar-refractivity contribution in [3.05, 3.63) is 0 Å². The molecule has 0 aromatic heterocycles. The molecule has 0 amide bonds. The number of hydrogen-bond donors (Lipinski definition) is 1. The number of ether oxygens (including phenoxy) is 3. The Morgan fingerprint density at radius 1 is 0.778 bits per heavy atom. The van der Waals surface area contributed by atoms with E-state index in [0.29, 0.717) is 6.61 Å². The van der Waals surface area contributed by atoms with E-state index < -0.39 is 6.10 Å². The average Bonchev–Trinajstić information content (AvgIpc) is 2.21. The van der Waals surface area contributed by atoms with Crippen LogP contribution in [0, 0.1) is 0 Å². The van der Waals surface area contributed by atoms with Crippen LogP contribution in [0.5, 0.6) is 0 Å². The molecule has 0 spiro atoms. The Hall–Kier alpha value is -0.160. The van der Waals surface area contributed by atoms with Crippen LogP contribution in [0.1, 0.15) is 48.5 Å². The van der Waals surface area contributed by atoms with Gasteiger partial charge in [0.05, 0.1) is 37.1 Å². The first-order valence-electron chi connectivity index (χ1n) is 6.84. The molecule has 18 heavy (non-hydrogen) atoms. The largest absolute Gasteiger partial charge is 0.391 e. The Kier molecular flexibility index (Phi) is 8.78. The van der Waals surface area contributed by atoms with Gasteiger partial charge in [-0.25, -0.2) is 0 Å². The van der Waals surface area contributed by atoms with E-state index in [1.807, 2.05) is 41.5 Å². The lowest BCUT2D eigenvalue weighted by atomic mass is 10.2. The summed E-state index contributed by atoms with van der Waals surface area (Å²) in [6.07, 6.45) is -0.665. The average molecular weight is 262 g/mol. The van der Waals surface area contributed by atoms with Crippen molar-refractivity contribution in [2.24, 2.45) is 0 Å². The third-order valence-corrected chi connectivity index (χ3v) is 2.67. The quantitative estimate of drug-likeness (QED) is 0.693. The van der Waals surface area contributed by atoms with Gasteiger partial charge in [0, 0.05) is 0 Å². The molecule has 0 bridgehead atoms. The highest BCUT2D eigenvalue weighted by atomic mass is 16.6. The summed E-state index contributed by atoms with van der Waals surface area (Å²) in [5.41, 5.74) is 0. The van der Waals surface area contributed by atoms with Gasteiger partial charge in [0.1, 0.15) is 6.10 Å². The topological polar surface area (TPSA) is 47.9 Å². The van der Waals surface area contributed by atoms with Crippen LogP contribution in [-0.2, 0) is 14.2 Å². The Labute approximate surface area is 112 Å². The van der Waals surface area contributed by atoms with Crippen LogP contribution in [0.25, 0.3) is 0 Å². The van der Waals surface area contributed by atoms with Gasteiger partial charge in [-0.3, -0.25) is 0 Å². The van der Waals surface area contributed by atoms with Gasteiger partial charge in [-0.2, -0.15) is 0 Å². The lowest BCUT2D eigenvalue weighted by molar-refractivity contribution is -0.153. The van der Waals surface area contributed by atoms with Gasteiger partial charge < -0.3 is 19.3 Å². The van der Waals surface area contributed by atoms with Crippen LogP contribution in [0.15, 0.2) is 0 Å². The summed E-state index contributed by atoms with van der Waals surface area (Å²) in [7, 11) is 0. The predicted octanol–water partition coefficient (Wildman–Crippen LogP) is 2.38. The van der Waals surface area contributed by atoms with Crippen molar-refractivity contribution in [1.29, 1.82) is 0 Å². The first-order chi connectivity index (χ1) is 8.23. The lowest BCUT2D eigenvalue weighted by Crippen LogP contribution is -2.40. The molecule has 4 heteroatoms. The molecule has 110 valence electrons. The van der Waals surface area contributed by atoms with Crippen LogP contribution in [-0.4, -0.2) is 48.3 Å². The minimum atomic E-state index is -0.502. The van der Waals surface area contributed by atoms with E-state index in [1.54, 1.807) is 6.92 Å². The summed E-state index contributed by atoms with van der Waals surface area (Å²) >= 11 is 0. The fraction of sp³-hybridized carbons (Fsp3) is 1.00. The van der Waals surface area contributed by atoms with Gasteiger partial charge >= 0.3 is 0 Å². The molecular formula is C14H30O4. The minimum absolute atomic E-state index is 0.0649. The highest BCUT2D eigenvalue weighted by molar-refractivity contribution is 4.71. The maximum atomic E-state index is 9.50. The summed E-state index contributed by atoms with van der Waals surface area (Å²) in [6, 6.07) is 0. The number of aliphatic hydroxyl groups is 1. The van der Waals surface area contributed by atoms with Crippen molar-refractivity contribution < 1.29 is 19.3 Å². The fourth-order valence-electron chi connectivity index (χ4n) is 1.48. The Morgan fingerprint density at radius 2 is 1.33 bits per heavy atom. The Bertz CT molecular complexity index is 204. The van der Waals surface area contributed by atoms with Gasteiger partial charge in [0.15, 0.2) is 0 Å². The first kappa shape index (κ1) is 17.8. The van der Waals surface area contributed by atoms with Crippen molar-refractivity contribution in [2.75, 3.05) is 6.61 Å². The number of aliphatic hydroxyl groups excluding tert-OH is 1. The number of rotatable bonds is 9. The van der Waals surface area contributed by atoms with Crippen molar-refractivity contribution in [3.8, 4) is 0 Å². The highest BCUT2D eigenvalue weighted by Gasteiger charge is 2.24. The summed E-state index contributed by atoms with van der Waals surface area (Å²) in [4.78, 5) is 0. The first-order valence-corrected chi connectivity index (χ1v) is 6.84. The monoisotopic (exact) mass is 262 g/mol. The predicted molar refractivity (Wildman–Crippen MR) is 72.8 cm³/mol. The van der Waals surface area contributed by atoms with Crippen molar-refractivity contribution in [1.82, 2.24) is 0 Å². The van der Waals surface area contributed by atoms with E-state index in [4.69, 9.17) is 14.2 Å². The molecular weight excluding hydrogens is 232 g/mol. The molecule has 0 aromatic carbocycles. The van der Waals surface area contributed by atoms with E-state index in [0.717, 1.165) is 0 Å². The fourth-order valence-corrected chi connectivity index (χ4v) is 1.48. The third kappa shape index (κ3) is 8.03. The summed E-state index contributed by atoms with van der Waals surface area (Å²) < 4.78 is 17.2. The van der Waals surface area contributed by atoms with E-state index in [9.17, 15) is 5.11 Å². The molecule has 0 rings (SSSR count). The Morgan fingerprint density at radius 3 is 1.72 bits per heavy atom. The van der Waals surface area contributed by atoms with Gasteiger partial charge in [-0.1, -0.05) is 0 Å². The van der Waals surface area contributed by atoms with Crippen LogP contribution < -0.4 is 0 Å². The van der Waals surface area contributed by atoms with Crippen LogP contribution in [0.2, 0.25) is 0 Å². The van der Waals surface area contributed by atoms with Crippen molar-refractivity contribution in [2.45, 2.75) is 85.1 Å². The molecule has 4 nitrogen and oxygen atoms in total. The molecule has 1 N–H and O–H groups in total. The number of hydrogen-bond acceptors (Lipinski definition) is 4. The Balaban J connectivity index is 4.40. The molecule has 0 radical (unpaired) electrons. The van der Waals surface area contributed by atoms with Gasteiger partial charge in [0.2, 0.25) is 0 Å². The van der Waals surface area contributed by atoms with Crippen LogP contribution >= 0.6 is 0 Å². The zero-order chi connectivity index (χ0) is 14.3. The maximum absolute atomic E-state index is 9.50. The molecule has 0 saturated carbocycles. The van der Waals surface area contributed by atoms with Crippen molar-refractivity contribution >= 4 is 0 Å². The minimum Gasteiger partial charge on any atom is -0.391 e. The van der Waals surface area contributed by atoms with Crippen LogP contribution in [0.3, 0.4) is 0 Å². The zero-order valence-corrected chi connectivity index (χ0v) is 12.8. The summed E-state index contributed by atoms with van der Waals surface area (Å²) in [5, 5.41) is 9.50. The van der Waals surface area contributed by atoms with Crippen LogP contribution in [0.4, 0.5) is 0 Å². The SMILES string of the molecule is CC(C)OC[C@H](O[C@@H](C)C(C)O)C(C)OC(C)C. The van der Waals surface area contributed by atoms with Gasteiger partial charge in [0.25, 0.3) is 0 Å². The standard InChI is InChI=1S/C14H30O4/c1-9(2)16-8-14(13(7)17-10(3)4)18-12(6)11(5)15/h9-15H,8H2,1-7H3/t11?,12-,13?,14-/m0/s1. The van der Waals surface area contributed by atoms with E-state index in [1.165, 1.54) is 0 Å². The smallest absolute Gasteiger partial charge is 0.107 e. The summed E-state index contributed by atoms with van der Waals surface area (Å²) in [6.45, 7) is 14.0. The normalized spacial score (nSPS) is 19.0. The summed E-state index contributed by atoms with van der Waals surface area (Å²) in [5.74, 6) is 0. The molecule has 0 aliphatic heterocycles. The molecule has 0 aliphatic rings. The second kappa shape index (κ2) is 8.86. The molecule has 0 aliphatic carbocycles. The zero-order valence-electron chi connectivity index (χ0n) is 12.8. The molecule has 0 aromatic rings. The van der Waals surface area contributed by atoms with E-state index >= 15 is 0 Å². The highest BCUT2D eigenvalue weighted by Crippen LogP contribution is 2.12. The molecule has 0 fully saturated rings. The van der Waals surface area contributed by atoms with Gasteiger partial charge in [-0.05, 0) is 48.5 Å². The third-order valence-electron chi connectivity index (χ3n) is 2.67. The molecule has 2 unspecified atom stereocenters. The van der Waals surface area contributed by atoms with E-state index in [-0.39, 0.29) is 30.5 Å². The molecule has 0 heterocycles. The lowest BCUT2D eigenvalue weighted by Gasteiger charge is -2.30. The molecule has 0 saturated heterocycles. The second-order valence-electron chi connectivity index (χ2n) is 5.39. The maximum Gasteiger partial charge on any atom is 0.107 e. The van der Waals surface area contributed by atoms with Crippen molar-refractivity contribution in [3.63, 3.8) is 0 Å². The molecule has 4 atom stereocenters. The van der Waals surface area contributed by atoms with Gasteiger partial charge in [-0.15, -0.1) is 0 Å². The second-order valence-corrected chi connectivity index (χ2v) is 5.39.